The normalized spacial score (nSPS) is 10.7. The molecule has 0 saturated heterocycles. The van der Waals surface area contributed by atoms with Gasteiger partial charge in [-0.25, -0.2) is 9.97 Å². The minimum absolute atomic E-state index is 0.554. The molecule has 170 valence electrons. The number of halogens is 3. The summed E-state index contributed by atoms with van der Waals surface area (Å²) >= 11 is 21.1. The van der Waals surface area contributed by atoms with Gasteiger partial charge >= 0.3 is 0 Å². The van der Waals surface area contributed by atoms with Gasteiger partial charge in [-0.15, -0.1) is 0 Å². The molecule has 0 unspecified atom stereocenters. The molecule has 0 amide bonds. The van der Waals surface area contributed by atoms with Gasteiger partial charge in [0.2, 0.25) is 0 Å². The lowest BCUT2D eigenvalue weighted by Gasteiger charge is -2.24. The van der Waals surface area contributed by atoms with E-state index in [0.29, 0.717) is 21.7 Å². The fraction of sp³-hybridized carbons (Fsp3) is 0.318. The number of anilines is 1. The molecule has 6 nitrogen and oxygen atoms in total. The highest BCUT2D eigenvalue weighted by Gasteiger charge is 2.10. The lowest BCUT2D eigenvalue weighted by Crippen LogP contribution is -2.37. The van der Waals surface area contributed by atoms with Crippen LogP contribution in [0.2, 0.25) is 10.0 Å². The molecule has 1 aromatic carbocycles. The van der Waals surface area contributed by atoms with Crippen LogP contribution >= 0.6 is 51.3 Å². The second-order valence-electron chi connectivity index (χ2n) is 7.22. The van der Waals surface area contributed by atoms with E-state index in [-0.39, 0.29) is 0 Å². The second kappa shape index (κ2) is 13.0. The summed E-state index contributed by atoms with van der Waals surface area (Å²) in [4.78, 5) is 13.9. The van der Waals surface area contributed by atoms with Crippen LogP contribution in [-0.4, -0.2) is 39.7 Å². The molecule has 3 rings (SSSR count). The van der Waals surface area contributed by atoms with Crippen molar-refractivity contribution in [2.24, 2.45) is 0 Å². The number of benzene rings is 1. The molecule has 32 heavy (non-hydrogen) atoms. The van der Waals surface area contributed by atoms with Crippen molar-refractivity contribution in [2.75, 3.05) is 24.5 Å². The van der Waals surface area contributed by atoms with Crippen LogP contribution in [0.4, 0.5) is 5.82 Å². The van der Waals surface area contributed by atoms with Crippen LogP contribution in [0.25, 0.3) is 0 Å². The average molecular weight is 556 g/mol. The lowest BCUT2D eigenvalue weighted by atomic mass is 10.2. The molecule has 2 aromatic heterocycles. The van der Waals surface area contributed by atoms with Crippen LogP contribution in [0, 0.1) is 0 Å². The number of thiocarbonyl (C=S) groups is 1. The molecule has 3 aromatic rings. The van der Waals surface area contributed by atoms with Gasteiger partial charge in [-0.1, -0.05) is 29.3 Å². The quantitative estimate of drug-likeness (QED) is 0.218. The minimum Gasteiger partial charge on any atom is -0.363 e. The van der Waals surface area contributed by atoms with Crippen LogP contribution in [0.3, 0.4) is 0 Å². The smallest absolute Gasteiger partial charge is 0.166 e. The summed E-state index contributed by atoms with van der Waals surface area (Å²) in [5, 5.41) is 8.31. The van der Waals surface area contributed by atoms with Crippen molar-refractivity contribution in [3.63, 3.8) is 0 Å². The maximum absolute atomic E-state index is 6.20. The van der Waals surface area contributed by atoms with Gasteiger partial charge in [-0.05, 0) is 77.2 Å². The number of rotatable bonds is 11. The number of aryl methyl sites for hydroxylation is 1. The molecular weight excluding hydrogens is 531 g/mol. The van der Waals surface area contributed by atoms with Gasteiger partial charge in [0, 0.05) is 48.7 Å². The Morgan fingerprint density at radius 2 is 1.88 bits per heavy atom. The molecule has 0 bridgehead atoms. The molecular formula is C22H25BrCl2N6S. The van der Waals surface area contributed by atoms with E-state index in [1.165, 1.54) is 0 Å². The highest BCUT2D eigenvalue weighted by molar-refractivity contribution is 9.10. The summed E-state index contributed by atoms with van der Waals surface area (Å²) in [6, 6.07) is 9.70. The number of nitrogens with one attached hydrogen (secondary N) is 3. The maximum atomic E-state index is 6.20. The van der Waals surface area contributed by atoms with Gasteiger partial charge in [-0.3, -0.25) is 0 Å². The van der Waals surface area contributed by atoms with E-state index in [1.807, 2.05) is 36.5 Å². The van der Waals surface area contributed by atoms with Gasteiger partial charge in [0.15, 0.2) is 5.11 Å². The van der Waals surface area contributed by atoms with Gasteiger partial charge < -0.3 is 20.5 Å². The third-order valence-electron chi connectivity index (χ3n) is 4.75. The number of pyridine rings is 1. The monoisotopic (exact) mass is 554 g/mol. The summed E-state index contributed by atoms with van der Waals surface area (Å²) in [7, 11) is 0. The van der Waals surface area contributed by atoms with Gasteiger partial charge in [0.05, 0.1) is 16.4 Å². The van der Waals surface area contributed by atoms with E-state index < -0.39 is 0 Å². The average Bonchev–Trinajstić information content (AvgIpc) is 3.30. The first kappa shape index (κ1) is 24.8. The van der Waals surface area contributed by atoms with Crippen molar-refractivity contribution in [3.8, 4) is 0 Å². The fourth-order valence-corrected chi connectivity index (χ4v) is 3.88. The third-order valence-corrected chi connectivity index (χ3v) is 6.24. The Morgan fingerprint density at radius 3 is 2.56 bits per heavy atom. The summed E-state index contributed by atoms with van der Waals surface area (Å²) < 4.78 is 0.946. The number of hydrogen-bond donors (Lipinski definition) is 3. The zero-order chi connectivity index (χ0) is 22.8. The largest absolute Gasteiger partial charge is 0.363 e. The highest BCUT2D eigenvalue weighted by Crippen LogP contribution is 2.24. The summed E-state index contributed by atoms with van der Waals surface area (Å²) in [6.07, 6.45) is 8.17. The fourth-order valence-electron chi connectivity index (χ4n) is 3.12. The molecule has 0 aliphatic carbocycles. The first-order chi connectivity index (χ1) is 15.5. The SMILES string of the molecule is S=C(NCCCc1cnc[nH]1)NCCCN(Cc1ccc(Cl)c(Cl)c1)c1ccc(Br)cn1. The van der Waals surface area contributed by atoms with E-state index >= 15 is 0 Å². The molecule has 0 spiro atoms. The molecule has 0 aliphatic heterocycles. The Morgan fingerprint density at radius 1 is 1.06 bits per heavy atom. The molecule has 10 heteroatoms. The second-order valence-corrected chi connectivity index (χ2v) is 9.36. The number of imidazole rings is 1. The Bertz CT molecular complexity index is 985. The maximum Gasteiger partial charge on any atom is 0.166 e. The first-order valence-corrected chi connectivity index (χ1v) is 12.3. The predicted octanol–water partition coefficient (Wildman–Crippen LogP) is 5.37. The molecule has 0 saturated carbocycles. The molecule has 0 radical (unpaired) electrons. The van der Waals surface area contributed by atoms with Crippen molar-refractivity contribution in [2.45, 2.75) is 25.8 Å². The number of H-pyrrole nitrogens is 1. The molecule has 0 atom stereocenters. The van der Waals surface area contributed by atoms with E-state index in [4.69, 9.17) is 35.4 Å². The Hall–Kier alpha value is -1.87. The number of aromatic nitrogens is 3. The molecule has 3 N–H and O–H groups in total. The first-order valence-electron chi connectivity index (χ1n) is 10.3. The van der Waals surface area contributed by atoms with E-state index in [9.17, 15) is 0 Å². The Kier molecular flexibility index (Phi) is 10.1. The lowest BCUT2D eigenvalue weighted by molar-refractivity contribution is 0.690. The van der Waals surface area contributed by atoms with Crippen molar-refractivity contribution in [3.05, 3.63) is 74.8 Å². The van der Waals surface area contributed by atoms with Crippen LogP contribution < -0.4 is 15.5 Å². The van der Waals surface area contributed by atoms with E-state index in [1.54, 1.807) is 12.5 Å². The van der Waals surface area contributed by atoms with Crippen LogP contribution in [0.15, 0.2) is 53.5 Å². The van der Waals surface area contributed by atoms with Gasteiger partial charge in [-0.2, -0.15) is 0 Å². The van der Waals surface area contributed by atoms with E-state index in [2.05, 4.69) is 46.4 Å². The minimum atomic E-state index is 0.554. The van der Waals surface area contributed by atoms with Crippen molar-refractivity contribution >= 4 is 62.3 Å². The van der Waals surface area contributed by atoms with Gasteiger partial charge in [0.25, 0.3) is 0 Å². The standard InChI is InChI=1S/C22H25BrCl2N6S/c23-17-5-7-21(29-12-17)31(14-16-4-6-19(24)20(25)11-16)10-2-9-28-22(32)27-8-1-3-18-13-26-15-30-18/h4-7,11-13,15H,1-3,8-10,14H2,(H,26,30)(H2,27,28,32). The van der Waals surface area contributed by atoms with Crippen molar-refractivity contribution in [1.29, 1.82) is 0 Å². The van der Waals surface area contributed by atoms with Crippen LogP contribution in [0.5, 0.6) is 0 Å². The zero-order valence-electron chi connectivity index (χ0n) is 17.5. The topological polar surface area (TPSA) is 68.9 Å². The molecule has 0 aliphatic rings. The van der Waals surface area contributed by atoms with Gasteiger partial charge in [0.1, 0.15) is 5.82 Å². The third kappa shape index (κ3) is 8.24. The summed E-state index contributed by atoms with van der Waals surface area (Å²) in [6.45, 7) is 3.07. The van der Waals surface area contributed by atoms with Crippen LogP contribution in [-0.2, 0) is 13.0 Å². The number of nitrogens with zero attached hydrogens (tertiary/aromatic N) is 3. The number of hydrogen-bond acceptors (Lipinski definition) is 4. The highest BCUT2D eigenvalue weighted by atomic mass is 79.9. The van der Waals surface area contributed by atoms with Crippen LogP contribution in [0.1, 0.15) is 24.1 Å². The zero-order valence-corrected chi connectivity index (χ0v) is 21.4. The molecule has 0 fully saturated rings. The molecule has 2 heterocycles. The van der Waals surface area contributed by atoms with Crippen molar-refractivity contribution < 1.29 is 0 Å². The van der Waals surface area contributed by atoms with E-state index in [0.717, 1.165) is 60.4 Å². The Balaban J connectivity index is 1.45. The number of aromatic amines is 1. The summed E-state index contributed by atoms with van der Waals surface area (Å²) in [5.74, 6) is 0.902. The van der Waals surface area contributed by atoms with Crippen molar-refractivity contribution in [1.82, 2.24) is 25.6 Å². The summed E-state index contributed by atoms with van der Waals surface area (Å²) in [5.41, 5.74) is 2.21. The predicted molar refractivity (Wildman–Crippen MR) is 140 cm³/mol. The Labute approximate surface area is 212 Å².